The molecule has 2 amide bonds. The number of aryl methyl sites for hydroxylation is 1. The van der Waals surface area contributed by atoms with Crippen molar-refractivity contribution in [2.24, 2.45) is 29.1 Å². The molecular formula is C25H34N2O4. The molecule has 5 rings (SSSR count). The van der Waals surface area contributed by atoms with E-state index in [9.17, 15) is 14.4 Å². The second-order valence-electron chi connectivity index (χ2n) is 10.4. The number of anilines is 1. The van der Waals surface area contributed by atoms with E-state index in [4.69, 9.17) is 4.74 Å². The number of para-hydroxylation sites is 1. The fraction of sp³-hybridized carbons (Fsp3) is 0.640. The summed E-state index contributed by atoms with van der Waals surface area (Å²) in [5.41, 5.74) is 1.31. The molecule has 6 heteroatoms. The highest BCUT2D eigenvalue weighted by atomic mass is 16.5. The number of hydrogen-bond donors (Lipinski definition) is 2. The van der Waals surface area contributed by atoms with Gasteiger partial charge in [-0.15, -0.1) is 0 Å². The van der Waals surface area contributed by atoms with Crippen molar-refractivity contribution in [3.8, 4) is 0 Å². The first-order valence-corrected chi connectivity index (χ1v) is 11.6. The van der Waals surface area contributed by atoms with E-state index in [-0.39, 0.29) is 23.8 Å². The van der Waals surface area contributed by atoms with Gasteiger partial charge in [-0.3, -0.25) is 9.59 Å². The molecule has 4 bridgehead atoms. The van der Waals surface area contributed by atoms with E-state index in [1.807, 2.05) is 39.0 Å². The Bertz CT molecular complexity index is 828. The molecule has 0 saturated heterocycles. The minimum Gasteiger partial charge on any atom is -0.454 e. The molecule has 0 spiro atoms. The molecule has 4 aliphatic carbocycles. The Morgan fingerprint density at radius 3 is 2.16 bits per heavy atom. The fourth-order valence-electron chi connectivity index (χ4n) is 6.31. The summed E-state index contributed by atoms with van der Waals surface area (Å²) in [5, 5.41) is 5.77. The van der Waals surface area contributed by atoms with Crippen molar-refractivity contribution in [2.75, 3.05) is 11.9 Å². The summed E-state index contributed by atoms with van der Waals surface area (Å²) in [6.07, 6.45) is 6.63. The molecule has 4 fully saturated rings. The van der Waals surface area contributed by atoms with Crippen molar-refractivity contribution in [1.82, 2.24) is 5.32 Å². The first-order valence-electron chi connectivity index (χ1n) is 11.6. The Morgan fingerprint density at radius 1 is 1.03 bits per heavy atom. The maximum Gasteiger partial charge on any atom is 0.329 e. The van der Waals surface area contributed by atoms with Gasteiger partial charge >= 0.3 is 5.97 Å². The van der Waals surface area contributed by atoms with Crippen molar-refractivity contribution in [2.45, 2.75) is 65.3 Å². The van der Waals surface area contributed by atoms with Crippen LogP contribution in [0.25, 0.3) is 0 Å². The average molecular weight is 427 g/mol. The van der Waals surface area contributed by atoms with E-state index >= 15 is 0 Å². The Labute approximate surface area is 184 Å². The van der Waals surface area contributed by atoms with E-state index in [0.29, 0.717) is 23.4 Å². The number of esters is 1. The lowest BCUT2D eigenvalue weighted by molar-refractivity contribution is -0.156. The molecule has 1 atom stereocenters. The van der Waals surface area contributed by atoms with E-state index < -0.39 is 17.9 Å². The first-order chi connectivity index (χ1) is 14.8. The lowest BCUT2D eigenvalue weighted by Gasteiger charge is -2.55. The van der Waals surface area contributed by atoms with Crippen molar-refractivity contribution in [1.29, 1.82) is 0 Å². The summed E-state index contributed by atoms with van der Waals surface area (Å²) in [6, 6.07) is 6.69. The summed E-state index contributed by atoms with van der Waals surface area (Å²) >= 11 is 0. The number of benzene rings is 1. The number of amides is 2. The smallest absolute Gasteiger partial charge is 0.329 e. The maximum atomic E-state index is 13.3. The van der Waals surface area contributed by atoms with Gasteiger partial charge in [-0.05, 0) is 80.8 Å². The molecule has 2 N–H and O–H groups in total. The van der Waals surface area contributed by atoms with Crippen LogP contribution < -0.4 is 10.6 Å². The normalized spacial score (nSPS) is 29.5. The van der Waals surface area contributed by atoms with Crippen LogP contribution in [0.2, 0.25) is 0 Å². The molecule has 0 unspecified atom stereocenters. The molecule has 0 aliphatic heterocycles. The monoisotopic (exact) mass is 426 g/mol. The second kappa shape index (κ2) is 8.64. The number of nitrogens with one attached hydrogen (secondary N) is 2. The van der Waals surface area contributed by atoms with Crippen LogP contribution in [-0.2, 0) is 19.1 Å². The highest BCUT2D eigenvalue weighted by Gasteiger charge is 2.55. The third-order valence-electron chi connectivity index (χ3n) is 7.49. The molecule has 0 heterocycles. The first kappa shape index (κ1) is 21.8. The lowest BCUT2D eigenvalue weighted by Crippen LogP contribution is -2.57. The second-order valence-corrected chi connectivity index (χ2v) is 10.4. The lowest BCUT2D eigenvalue weighted by atomic mass is 9.49. The highest BCUT2D eigenvalue weighted by molar-refractivity contribution is 5.94. The van der Waals surface area contributed by atoms with Gasteiger partial charge < -0.3 is 15.4 Å². The van der Waals surface area contributed by atoms with Gasteiger partial charge in [0.15, 0.2) is 6.61 Å². The molecule has 4 saturated carbocycles. The molecule has 4 aliphatic rings. The number of carbonyl (C=O) groups excluding carboxylic acids is 3. The minimum absolute atomic E-state index is 0.00612. The van der Waals surface area contributed by atoms with Gasteiger partial charge in [-0.25, -0.2) is 4.79 Å². The molecule has 1 aromatic carbocycles. The van der Waals surface area contributed by atoms with Gasteiger partial charge in [-0.2, -0.15) is 0 Å². The van der Waals surface area contributed by atoms with Crippen molar-refractivity contribution in [3.63, 3.8) is 0 Å². The fourth-order valence-corrected chi connectivity index (χ4v) is 6.31. The van der Waals surface area contributed by atoms with Gasteiger partial charge in [0.1, 0.15) is 6.04 Å². The summed E-state index contributed by atoms with van der Waals surface area (Å²) in [4.78, 5) is 38.3. The molecule has 1 aromatic rings. The van der Waals surface area contributed by atoms with Crippen molar-refractivity contribution in [3.05, 3.63) is 29.8 Å². The van der Waals surface area contributed by atoms with Crippen LogP contribution >= 0.6 is 0 Å². The summed E-state index contributed by atoms with van der Waals surface area (Å²) < 4.78 is 5.29. The zero-order valence-electron chi connectivity index (χ0n) is 18.8. The standard InChI is InChI=1S/C25H34N2O4/c1-15(2)22(23(29)31-14-21(28)26-20-7-5-4-6-16(20)3)27-24(30)25-11-17-8-18(12-25)10-19(9-17)13-25/h4-7,15,17-19,22H,8-14H2,1-3H3,(H,26,28)(H,27,30)/t17?,18?,19?,22-,25?/m0/s1. The van der Waals surface area contributed by atoms with Gasteiger partial charge in [0.05, 0.1) is 0 Å². The van der Waals surface area contributed by atoms with Gasteiger partial charge in [0.2, 0.25) is 5.91 Å². The number of rotatable bonds is 7. The van der Waals surface area contributed by atoms with Crippen LogP contribution in [-0.4, -0.2) is 30.4 Å². The summed E-state index contributed by atoms with van der Waals surface area (Å²) in [6.45, 7) is 5.30. The zero-order valence-corrected chi connectivity index (χ0v) is 18.8. The third kappa shape index (κ3) is 4.63. The molecule has 0 radical (unpaired) electrons. The topological polar surface area (TPSA) is 84.5 Å². The minimum atomic E-state index is -0.744. The van der Waals surface area contributed by atoms with Crippen LogP contribution in [0.4, 0.5) is 5.69 Å². The predicted molar refractivity (Wildman–Crippen MR) is 118 cm³/mol. The third-order valence-corrected chi connectivity index (χ3v) is 7.49. The Kier molecular flexibility index (Phi) is 6.09. The average Bonchev–Trinajstić information content (AvgIpc) is 2.70. The SMILES string of the molecule is Cc1ccccc1NC(=O)COC(=O)[C@@H](NC(=O)C12CC3CC(CC(C3)C1)C2)C(C)C. The predicted octanol–water partition coefficient (Wildman–Crippen LogP) is 3.83. The van der Waals surface area contributed by atoms with Gasteiger partial charge in [-0.1, -0.05) is 32.0 Å². The Balaban J connectivity index is 1.34. The quantitative estimate of drug-likeness (QED) is 0.649. The summed E-state index contributed by atoms with van der Waals surface area (Å²) in [7, 11) is 0. The van der Waals surface area contributed by atoms with E-state index in [1.54, 1.807) is 6.07 Å². The van der Waals surface area contributed by atoms with Crippen LogP contribution in [0.5, 0.6) is 0 Å². The molecule has 31 heavy (non-hydrogen) atoms. The van der Waals surface area contributed by atoms with E-state index in [2.05, 4.69) is 10.6 Å². The van der Waals surface area contributed by atoms with E-state index in [1.165, 1.54) is 19.3 Å². The maximum absolute atomic E-state index is 13.3. The van der Waals surface area contributed by atoms with Crippen LogP contribution in [0.1, 0.15) is 57.9 Å². The number of ether oxygens (including phenoxy) is 1. The number of hydrogen-bond acceptors (Lipinski definition) is 4. The molecule has 0 aromatic heterocycles. The van der Waals surface area contributed by atoms with Crippen molar-refractivity contribution >= 4 is 23.5 Å². The largest absolute Gasteiger partial charge is 0.454 e. The van der Waals surface area contributed by atoms with Crippen LogP contribution in [0.3, 0.4) is 0 Å². The Morgan fingerprint density at radius 2 is 1.61 bits per heavy atom. The molecule has 168 valence electrons. The van der Waals surface area contributed by atoms with Gasteiger partial charge in [0, 0.05) is 11.1 Å². The van der Waals surface area contributed by atoms with Crippen molar-refractivity contribution < 1.29 is 19.1 Å². The number of carbonyl (C=O) groups is 3. The zero-order chi connectivity index (χ0) is 22.2. The van der Waals surface area contributed by atoms with E-state index in [0.717, 1.165) is 24.8 Å². The Hall–Kier alpha value is -2.37. The summed E-state index contributed by atoms with van der Waals surface area (Å²) in [5.74, 6) is 0.923. The van der Waals surface area contributed by atoms with Crippen LogP contribution in [0.15, 0.2) is 24.3 Å². The molecule has 6 nitrogen and oxygen atoms in total. The van der Waals surface area contributed by atoms with Gasteiger partial charge in [0.25, 0.3) is 5.91 Å². The van der Waals surface area contributed by atoms with Crippen LogP contribution in [0, 0.1) is 36.0 Å². The molecular weight excluding hydrogens is 392 g/mol. The highest BCUT2D eigenvalue weighted by Crippen LogP contribution is 2.60.